The Morgan fingerprint density at radius 1 is 1.04 bits per heavy atom. The van der Waals surface area contributed by atoms with E-state index in [0.29, 0.717) is 43.7 Å². The van der Waals surface area contributed by atoms with Crippen LogP contribution >= 0.6 is 0 Å². The van der Waals surface area contributed by atoms with Gasteiger partial charge in [0.05, 0.1) is 13.2 Å². The van der Waals surface area contributed by atoms with E-state index < -0.39 is 67.9 Å². The number of nitrogens with one attached hydrogen (secondary N) is 1. The Kier molecular flexibility index (Phi) is 17.1. The van der Waals surface area contributed by atoms with Crippen molar-refractivity contribution in [3.63, 3.8) is 0 Å². The molecule has 2 rings (SSSR count). The quantitative estimate of drug-likeness (QED) is 0.0726. The SMILES string of the molecule is COc1ccc(C[C@@H](C(=O)O[C@H](C)[C@H](NC(=O)OC(C)(C)C)C(=O)OCOCC[Si](C)(C)C)N(C)C(=O)[C@@H]2CCCN2C(=O)[C@@H](N)CC(C)C)cc1. The lowest BCUT2D eigenvalue weighted by molar-refractivity contribution is -0.169. The second kappa shape index (κ2) is 20.0. The minimum absolute atomic E-state index is 0.0465. The first-order valence-corrected chi connectivity index (χ1v) is 21.7. The van der Waals surface area contributed by atoms with Crippen LogP contribution in [0, 0.1) is 5.92 Å². The van der Waals surface area contributed by atoms with Crippen molar-refractivity contribution in [2.45, 2.75) is 129 Å². The van der Waals surface area contributed by atoms with Gasteiger partial charge in [0.25, 0.3) is 0 Å². The van der Waals surface area contributed by atoms with Crippen molar-refractivity contribution in [2.24, 2.45) is 11.7 Å². The fourth-order valence-electron chi connectivity index (χ4n) is 5.62. The highest BCUT2D eigenvalue weighted by Crippen LogP contribution is 2.24. The third-order valence-corrected chi connectivity index (χ3v) is 10.2. The van der Waals surface area contributed by atoms with Gasteiger partial charge in [-0.05, 0) is 76.6 Å². The molecule has 1 aromatic carbocycles. The minimum Gasteiger partial charge on any atom is -0.497 e. The molecule has 1 aliphatic heterocycles. The highest BCUT2D eigenvalue weighted by atomic mass is 28.3. The lowest BCUT2D eigenvalue weighted by atomic mass is 10.0. The number of methoxy groups -OCH3 is 1. The number of hydrogen-bond donors (Lipinski definition) is 2. The predicted molar refractivity (Wildman–Crippen MR) is 199 cm³/mol. The maximum Gasteiger partial charge on any atom is 0.408 e. The molecule has 1 fully saturated rings. The Hall–Kier alpha value is -3.69. The van der Waals surface area contributed by atoms with E-state index in [2.05, 4.69) is 25.0 Å². The number of likely N-dealkylation sites (tertiary alicyclic amines) is 1. The molecule has 0 aliphatic carbocycles. The van der Waals surface area contributed by atoms with E-state index in [1.807, 2.05) is 13.8 Å². The molecule has 15 heteroatoms. The number of ether oxygens (including phenoxy) is 5. The number of nitrogens with two attached hydrogens (primary N) is 1. The van der Waals surface area contributed by atoms with E-state index in [0.717, 1.165) is 6.04 Å². The van der Waals surface area contributed by atoms with Crippen LogP contribution in [0.15, 0.2) is 24.3 Å². The highest BCUT2D eigenvalue weighted by molar-refractivity contribution is 6.76. The van der Waals surface area contributed by atoms with Crippen molar-refractivity contribution < 1.29 is 47.7 Å². The maximum atomic E-state index is 14.1. The van der Waals surface area contributed by atoms with Crippen LogP contribution in [0.1, 0.15) is 66.4 Å². The molecule has 0 bridgehead atoms. The molecule has 1 aliphatic rings. The molecule has 294 valence electrons. The molecule has 0 aromatic heterocycles. The molecule has 1 heterocycles. The second-order valence-electron chi connectivity index (χ2n) is 16.0. The molecule has 1 saturated heterocycles. The summed E-state index contributed by atoms with van der Waals surface area (Å²) >= 11 is 0. The van der Waals surface area contributed by atoms with Crippen molar-refractivity contribution in [3.05, 3.63) is 29.8 Å². The average Bonchev–Trinajstić information content (AvgIpc) is 3.53. The summed E-state index contributed by atoms with van der Waals surface area (Å²) < 4.78 is 27.3. The van der Waals surface area contributed by atoms with Crippen molar-refractivity contribution in [1.82, 2.24) is 15.1 Å². The van der Waals surface area contributed by atoms with Gasteiger partial charge in [0, 0.05) is 34.7 Å². The fraction of sp³-hybridized carbons (Fsp3) is 0.703. The van der Waals surface area contributed by atoms with Gasteiger partial charge in [-0.25, -0.2) is 14.4 Å². The van der Waals surface area contributed by atoms with E-state index in [1.165, 1.54) is 30.9 Å². The fourth-order valence-corrected chi connectivity index (χ4v) is 6.38. The number of hydrogen-bond acceptors (Lipinski definition) is 11. The zero-order chi connectivity index (χ0) is 39.4. The third kappa shape index (κ3) is 14.7. The normalized spacial score (nSPS) is 17.1. The van der Waals surface area contributed by atoms with Crippen LogP contribution in [0.25, 0.3) is 0 Å². The molecular weight excluding hydrogens is 689 g/mol. The average molecular weight is 751 g/mol. The molecule has 3 amide bonds. The number of rotatable bonds is 18. The first-order valence-electron chi connectivity index (χ1n) is 18.0. The lowest BCUT2D eigenvalue weighted by Crippen LogP contribution is -2.56. The highest BCUT2D eigenvalue weighted by Gasteiger charge is 2.42. The number of amides is 3. The summed E-state index contributed by atoms with van der Waals surface area (Å²) in [7, 11) is 1.64. The Morgan fingerprint density at radius 3 is 2.23 bits per heavy atom. The summed E-state index contributed by atoms with van der Waals surface area (Å²) in [4.78, 5) is 70.4. The minimum atomic E-state index is -1.47. The number of carbonyl (C=O) groups is 5. The number of alkyl carbamates (subject to hydrolysis) is 1. The summed E-state index contributed by atoms with van der Waals surface area (Å²) in [6.45, 7) is 17.4. The van der Waals surface area contributed by atoms with Gasteiger partial charge in [0.1, 0.15) is 29.5 Å². The van der Waals surface area contributed by atoms with E-state index in [-0.39, 0.29) is 25.0 Å². The molecular formula is C37H62N4O10Si. The van der Waals surface area contributed by atoms with E-state index in [1.54, 1.807) is 45.0 Å². The molecule has 52 heavy (non-hydrogen) atoms. The second-order valence-corrected chi connectivity index (χ2v) is 21.6. The number of carbonyl (C=O) groups excluding carboxylic acids is 5. The van der Waals surface area contributed by atoms with Crippen molar-refractivity contribution >= 4 is 37.9 Å². The van der Waals surface area contributed by atoms with Gasteiger partial charge in [-0.15, -0.1) is 0 Å². The molecule has 1 aromatic rings. The van der Waals surface area contributed by atoms with Crippen molar-refractivity contribution in [2.75, 3.05) is 34.1 Å². The molecule has 0 radical (unpaired) electrons. The van der Waals surface area contributed by atoms with Crippen molar-refractivity contribution in [1.29, 1.82) is 0 Å². The van der Waals surface area contributed by atoms with Gasteiger partial charge < -0.3 is 44.5 Å². The van der Waals surface area contributed by atoms with Crippen LogP contribution in [0.2, 0.25) is 25.7 Å². The monoisotopic (exact) mass is 750 g/mol. The topological polar surface area (TPSA) is 176 Å². The molecule has 0 spiro atoms. The molecule has 3 N–H and O–H groups in total. The summed E-state index contributed by atoms with van der Waals surface area (Å²) in [5.74, 6) is -1.67. The van der Waals surface area contributed by atoms with Gasteiger partial charge in [-0.1, -0.05) is 45.6 Å². The van der Waals surface area contributed by atoms with Gasteiger partial charge in [-0.2, -0.15) is 0 Å². The first-order chi connectivity index (χ1) is 24.1. The largest absolute Gasteiger partial charge is 0.497 e. The smallest absolute Gasteiger partial charge is 0.408 e. The van der Waals surface area contributed by atoms with Gasteiger partial charge >= 0.3 is 18.0 Å². The van der Waals surface area contributed by atoms with E-state index in [9.17, 15) is 24.0 Å². The Morgan fingerprint density at radius 2 is 1.67 bits per heavy atom. The Bertz CT molecular complexity index is 1350. The molecule has 0 saturated carbocycles. The van der Waals surface area contributed by atoms with Crippen LogP contribution < -0.4 is 15.8 Å². The van der Waals surface area contributed by atoms with Crippen LogP contribution in [0.5, 0.6) is 5.75 Å². The van der Waals surface area contributed by atoms with Gasteiger partial charge in [-0.3, -0.25) is 9.59 Å². The Labute approximate surface area is 310 Å². The van der Waals surface area contributed by atoms with Gasteiger partial charge in [0.2, 0.25) is 11.8 Å². The van der Waals surface area contributed by atoms with Crippen LogP contribution in [0.4, 0.5) is 4.79 Å². The third-order valence-electron chi connectivity index (χ3n) is 8.52. The first kappa shape index (κ1) is 44.5. The molecule has 14 nitrogen and oxygen atoms in total. The zero-order valence-corrected chi connectivity index (χ0v) is 34.0. The maximum absolute atomic E-state index is 14.1. The summed E-state index contributed by atoms with van der Waals surface area (Å²) in [6, 6.07) is 3.67. The standard InChI is InChI=1S/C37H62N4O10Si/c1-24(2)21-28(38)32(42)41-18-12-13-29(41)33(43)40(7)30(22-26-14-16-27(47-8)17-15-26)34(44)50-25(3)31(39-36(46)51-37(4,5)6)35(45)49-23-48-19-20-52(9,10)11/h14-17,24-25,28-31H,12-13,18-23,38H2,1-11H3,(H,39,46)/t25-,28+,29+,30+,31+/m1/s1. The summed E-state index contributed by atoms with van der Waals surface area (Å²) in [5.41, 5.74) is 6.05. The lowest BCUT2D eigenvalue weighted by Gasteiger charge is -2.34. The number of benzene rings is 1. The summed E-state index contributed by atoms with van der Waals surface area (Å²) in [6.07, 6.45) is -0.627. The summed E-state index contributed by atoms with van der Waals surface area (Å²) in [5, 5.41) is 2.47. The van der Waals surface area contributed by atoms with E-state index in [4.69, 9.17) is 29.4 Å². The van der Waals surface area contributed by atoms with Gasteiger partial charge in [0.15, 0.2) is 12.8 Å². The number of likely N-dealkylation sites (N-methyl/N-ethyl adjacent to an activating group) is 1. The van der Waals surface area contributed by atoms with Crippen LogP contribution in [-0.4, -0.2) is 118 Å². The zero-order valence-electron chi connectivity index (χ0n) is 33.0. The number of nitrogens with zero attached hydrogens (tertiary/aromatic N) is 2. The van der Waals surface area contributed by atoms with Crippen LogP contribution in [-0.2, 0) is 44.5 Å². The number of esters is 2. The molecule has 0 unspecified atom stereocenters. The predicted octanol–water partition coefficient (Wildman–Crippen LogP) is 4.11. The van der Waals surface area contributed by atoms with Crippen LogP contribution in [0.3, 0.4) is 0 Å². The molecule has 5 atom stereocenters. The van der Waals surface area contributed by atoms with Crippen molar-refractivity contribution in [3.8, 4) is 5.75 Å². The Balaban J connectivity index is 2.35. The van der Waals surface area contributed by atoms with E-state index >= 15 is 0 Å².